The third kappa shape index (κ3) is 4.26. The smallest absolute Gasteiger partial charge is 0.249 e. The molecule has 142 valence electrons. The molecule has 1 aliphatic carbocycles. The number of hydrogen-bond donors (Lipinski definition) is 1. The van der Waals surface area contributed by atoms with Gasteiger partial charge in [-0.15, -0.1) is 0 Å². The average Bonchev–Trinajstić information content (AvgIpc) is 3.13. The highest BCUT2D eigenvalue weighted by Crippen LogP contribution is 2.35. The van der Waals surface area contributed by atoms with Crippen molar-refractivity contribution in [2.24, 2.45) is 5.92 Å². The van der Waals surface area contributed by atoms with Gasteiger partial charge in [-0.25, -0.2) is 0 Å². The maximum absolute atomic E-state index is 12.5. The lowest BCUT2D eigenvalue weighted by molar-refractivity contribution is -0.133. The van der Waals surface area contributed by atoms with Crippen LogP contribution in [0.5, 0.6) is 0 Å². The Hall–Kier alpha value is -1.46. The molecular formula is C21H31N3O2. The van der Waals surface area contributed by atoms with Crippen molar-refractivity contribution in [3.05, 3.63) is 30.1 Å². The molecule has 5 nitrogen and oxygen atoms in total. The van der Waals surface area contributed by atoms with E-state index < -0.39 is 0 Å². The lowest BCUT2D eigenvalue weighted by Gasteiger charge is -2.40. The van der Waals surface area contributed by atoms with Crippen LogP contribution in [0.15, 0.2) is 24.4 Å². The summed E-state index contributed by atoms with van der Waals surface area (Å²) < 4.78 is 6.18. The van der Waals surface area contributed by atoms with E-state index in [1.54, 1.807) is 6.20 Å². The molecule has 2 aliphatic heterocycles. The molecule has 0 aromatic carbocycles. The predicted octanol–water partition coefficient (Wildman–Crippen LogP) is 2.55. The molecule has 3 fully saturated rings. The van der Waals surface area contributed by atoms with E-state index in [-0.39, 0.29) is 18.1 Å². The van der Waals surface area contributed by atoms with E-state index in [0.29, 0.717) is 12.5 Å². The zero-order valence-corrected chi connectivity index (χ0v) is 15.6. The number of likely N-dealkylation sites (tertiary alicyclic amines) is 1. The number of amides is 1. The molecule has 0 spiro atoms. The van der Waals surface area contributed by atoms with Crippen molar-refractivity contribution in [3.8, 4) is 0 Å². The Bertz CT molecular complexity index is 588. The van der Waals surface area contributed by atoms with Crippen LogP contribution in [0.2, 0.25) is 0 Å². The molecule has 3 aliphatic rings. The number of carbonyl (C=O) groups excluding carboxylic acids is 1. The third-order valence-electron chi connectivity index (χ3n) is 6.37. The van der Waals surface area contributed by atoms with Gasteiger partial charge in [-0.1, -0.05) is 25.3 Å². The molecule has 0 bridgehead atoms. The molecule has 1 aromatic heterocycles. The first-order valence-electron chi connectivity index (χ1n) is 10.4. The molecule has 2 saturated heterocycles. The van der Waals surface area contributed by atoms with E-state index in [9.17, 15) is 4.79 Å². The molecule has 4 rings (SSSR count). The molecule has 1 amide bonds. The summed E-state index contributed by atoms with van der Waals surface area (Å²) in [6.07, 6.45) is 11.4. The number of ether oxygens (including phenoxy) is 1. The molecule has 1 saturated carbocycles. The third-order valence-corrected chi connectivity index (χ3v) is 6.37. The molecule has 1 N–H and O–H groups in total. The summed E-state index contributed by atoms with van der Waals surface area (Å²) >= 11 is 0. The number of fused-ring (bicyclic) bond motifs is 1. The Kier molecular flexibility index (Phi) is 5.85. The zero-order valence-electron chi connectivity index (χ0n) is 15.6. The number of nitrogens with zero attached hydrogens (tertiary/aromatic N) is 2. The second-order valence-electron chi connectivity index (χ2n) is 8.10. The Morgan fingerprint density at radius 1 is 1.23 bits per heavy atom. The van der Waals surface area contributed by atoms with Gasteiger partial charge in [0.2, 0.25) is 5.91 Å². The number of carbonyl (C=O) groups is 1. The average molecular weight is 357 g/mol. The molecular weight excluding hydrogens is 326 g/mol. The maximum atomic E-state index is 12.5. The number of piperidine rings is 1. The minimum Gasteiger partial charge on any atom is -0.364 e. The fourth-order valence-corrected chi connectivity index (χ4v) is 4.87. The van der Waals surface area contributed by atoms with Crippen LogP contribution in [0.3, 0.4) is 0 Å². The summed E-state index contributed by atoms with van der Waals surface area (Å²) in [5, 5.41) is 3.04. The first kappa shape index (κ1) is 17.9. The van der Waals surface area contributed by atoms with Crippen molar-refractivity contribution < 1.29 is 9.53 Å². The zero-order chi connectivity index (χ0) is 17.8. The van der Waals surface area contributed by atoms with Crippen LogP contribution in [0.25, 0.3) is 0 Å². The fourth-order valence-electron chi connectivity index (χ4n) is 4.87. The van der Waals surface area contributed by atoms with E-state index in [4.69, 9.17) is 4.74 Å². The minimum absolute atomic E-state index is 0.0551. The normalized spacial score (nSPS) is 30.1. The van der Waals surface area contributed by atoms with Gasteiger partial charge in [-0.2, -0.15) is 0 Å². The Morgan fingerprint density at radius 3 is 2.92 bits per heavy atom. The molecule has 5 heteroatoms. The van der Waals surface area contributed by atoms with E-state index in [1.165, 1.54) is 45.1 Å². The second kappa shape index (κ2) is 8.49. The quantitative estimate of drug-likeness (QED) is 0.880. The number of nitrogens with one attached hydrogen (secondary N) is 1. The van der Waals surface area contributed by atoms with Gasteiger partial charge in [0.1, 0.15) is 6.10 Å². The first-order chi connectivity index (χ1) is 12.8. The Labute approximate surface area is 156 Å². The molecule has 26 heavy (non-hydrogen) atoms. The highest BCUT2D eigenvalue weighted by Gasteiger charge is 2.42. The van der Waals surface area contributed by atoms with Crippen LogP contribution in [0, 0.1) is 5.92 Å². The lowest BCUT2D eigenvalue weighted by atomic mass is 9.88. The van der Waals surface area contributed by atoms with Gasteiger partial charge in [-0.05, 0) is 50.3 Å². The molecule has 0 unspecified atom stereocenters. The van der Waals surface area contributed by atoms with Crippen molar-refractivity contribution in [1.82, 2.24) is 15.2 Å². The molecule has 0 radical (unpaired) electrons. The summed E-state index contributed by atoms with van der Waals surface area (Å²) in [5.41, 5.74) is 1.01. The van der Waals surface area contributed by atoms with Gasteiger partial charge in [0, 0.05) is 37.4 Å². The Balaban J connectivity index is 1.23. The van der Waals surface area contributed by atoms with Crippen molar-refractivity contribution in [2.45, 2.75) is 69.6 Å². The SMILES string of the molecule is O=C(NCCc1ccccn1)[C@@H]1C[C@@H]2CCN(C3CCCCC3)C[C@H]2O1. The number of pyridine rings is 1. The van der Waals surface area contributed by atoms with Gasteiger partial charge in [0.15, 0.2) is 0 Å². The largest absolute Gasteiger partial charge is 0.364 e. The van der Waals surface area contributed by atoms with Crippen LogP contribution in [0.4, 0.5) is 0 Å². The van der Waals surface area contributed by atoms with Gasteiger partial charge in [0.25, 0.3) is 0 Å². The summed E-state index contributed by atoms with van der Waals surface area (Å²) in [6.45, 7) is 2.83. The topological polar surface area (TPSA) is 54.5 Å². The number of aromatic nitrogens is 1. The lowest BCUT2D eigenvalue weighted by Crippen LogP contribution is -2.48. The fraction of sp³-hybridized carbons (Fsp3) is 0.714. The first-order valence-corrected chi connectivity index (χ1v) is 10.4. The summed E-state index contributed by atoms with van der Waals surface area (Å²) in [4.78, 5) is 19.4. The van der Waals surface area contributed by atoms with Crippen LogP contribution < -0.4 is 5.32 Å². The van der Waals surface area contributed by atoms with Crippen molar-refractivity contribution >= 4 is 5.91 Å². The van der Waals surface area contributed by atoms with Crippen molar-refractivity contribution in [3.63, 3.8) is 0 Å². The van der Waals surface area contributed by atoms with Gasteiger partial charge in [0.05, 0.1) is 6.10 Å². The molecule has 3 heterocycles. The monoisotopic (exact) mass is 357 g/mol. The summed E-state index contributed by atoms with van der Waals surface area (Å²) in [7, 11) is 0. The van der Waals surface area contributed by atoms with E-state index >= 15 is 0 Å². The summed E-state index contributed by atoms with van der Waals surface area (Å²) in [6, 6.07) is 6.63. The van der Waals surface area contributed by atoms with Gasteiger partial charge in [-0.3, -0.25) is 14.7 Å². The minimum atomic E-state index is -0.264. The van der Waals surface area contributed by atoms with Crippen molar-refractivity contribution in [1.29, 1.82) is 0 Å². The van der Waals surface area contributed by atoms with Crippen LogP contribution in [-0.2, 0) is 16.0 Å². The standard InChI is InChI=1S/C21H31N3O2/c25-21(23-12-9-17-6-4-5-11-22-17)19-14-16-10-13-24(15-20(16)26-19)18-7-2-1-3-8-18/h4-6,11,16,18-20H,1-3,7-10,12-15H2,(H,23,25)/t16-,19-,20+/m0/s1. The maximum Gasteiger partial charge on any atom is 0.249 e. The predicted molar refractivity (Wildman–Crippen MR) is 101 cm³/mol. The number of hydrogen-bond acceptors (Lipinski definition) is 4. The number of rotatable bonds is 5. The van der Waals surface area contributed by atoms with Crippen molar-refractivity contribution in [2.75, 3.05) is 19.6 Å². The second-order valence-corrected chi connectivity index (χ2v) is 8.10. The Morgan fingerprint density at radius 2 is 2.12 bits per heavy atom. The van der Waals surface area contributed by atoms with Gasteiger partial charge >= 0.3 is 0 Å². The van der Waals surface area contributed by atoms with E-state index in [0.717, 1.165) is 31.1 Å². The van der Waals surface area contributed by atoms with Crippen LogP contribution in [-0.4, -0.2) is 53.7 Å². The van der Waals surface area contributed by atoms with Crippen LogP contribution in [0.1, 0.15) is 50.6 Å². The summed E-state index contributed by atoms with van der Waals surface area (Å²) in [5.74, 6) is 0.612. The van der Waals surface area contributed by atoms with E-state index in [2.05, 4.69) is 15.2 Å². The highest BCUT2D eigenvalue weighted by atomic mass is 16.5. The molecule has 3 atom stereocenters. The highest BCUT2D eigenvalue weighted by molar-refractivity contribution is 5.81. The van der Waals surface area contributed by atoms with Gasteiger partial charge < -0.3 is 10.1 Å². The molecule has 1 aromatic rings. The van der Waals surface area contributed by atoms with E-state index in [1.807, 2.05) is 18.2 Å². The van der Waals surface area contributed by atoms with Crippen LogP contribution >= 0.6 is 0 Å².